The van der Waals surface area contributed by atoms with Crippen molar-refractivity contribution in [3.05, 3.63) is 33.8 Å². The van der Waals surface area contributed by atoms with E-state index >= 15 is 0 Å². The molecule has 2 rings (SSSR count). The number of rotatable bonds is 2. The van der Waals surface area contributed by atoms with Crippen molar-refractivity contribution in [1.82, 2.24) is 0 Å². The minimum absolute atomic E-state index is 0.392. The lowest BCUT2D eigenvalue weighted by molar-refractivity contribution is 0.154. The number of hydrogen-bond donors (Lipinski definition) is 1. The molecule has 3 heteroatoms. The van der Waals surface area contributed by atoms with Gasteiger partial charge in [0.2, 0.25) is 0 Å². The lowest BCUT2D eigenvalue weighted by Crippen LogP contribution is -1.99. The van der Waals surface area contributed by atoms with E-state index in [1.165, 1.54) is 0 Å². The van der Waals surface area contributed by atoms with Crippen LogP contribution in [0, 0.1) is 5.92 Å². The highest BCUT2D eigenvalue weighted by Gasteiger charge is 2.30. The molecule has 1 aromatic carbocycles. The molecular weight excluding hydrogens is 207 g/mol. The lowest BCUT2D eigenvalue weighted by Gasteiger charge is -2.09. The van der Waals surface area contributed by atoms with Gasteiger partial charge in [0.15, 0.2) is 0 Å². The average Bonchev–Trinajstić information content (AvgIpc) is 2.83. The Morgan fingerprint density at radius 3 is 2.15 bits per heavy atom. The molecule has 1 unspecified atom stereocenters. The van der Waals surface area contributed by atoms with Crippen molar-refractivity contribution in [1.29, 1.82) is 0 Å². The second-order valence-corrected chi connectivity index (χ2v) is 4.36. The summed E-state index contributed by atoms with van der Waals surface area (Å²) in [7, 11) is 0. The highest BCUT2D eigenvalue weighted by Crippen LogP contribution is 2.41. The summed E-state index contributed by atoms with van der Waals surface area (Å²) >= 11 is 11.6. The van der Waals surface area contributed by atoms with Crippen LogP contribution < -0.4 is 0 Å². The predicted molar refractivity (Wildman–Crippen MR) is 54.1 cm³/mol. The molecule has 1 N–H and O–H groups in total. The van der Waals surface area contributed by atoms with Crippen molar-refractivity contribution in [3.63, 3.8) is 0 Å². The van der Waals surface area contributed by atoms with Crippen molar-refractivity contribution in [3.8, 4) is 0 Å². The van der Waals surface area contributed by atoms with Gasteiger partial charge in [0.25, 0.3) is 0 Å². The summed E-state index contributed by atoms with van der Waals surface area (Å²) in [6.45, 7) is 0. The smallest absolute Gasteiger partial charge is 0.0819 e. The van der Waals surface area contributed by atoms with Crippen LogP contribution >= 0.6 is 23.2 Å². The van der Waals surface area contributed by atoms with Crippen molar-refractivity contribution < 1.29 is 5.11 Å². The molecule has 0 amide bonds. The van der Waals surface area contributed by atoms with Crippen LogP contribution in [0.5, 0.6) is 0 Å². The van der Waals surface area contributed by atoms with E-state index in [9.17, 15) is 5.11 Å². The zero-order chi connectivity index (χ0) is 9.42. The molecule has 0 saturated heterocycles. The fourth-order valence-electron chi connectivity index (χ4n) is 1.43. The molecule has 1 atom stereocenters. The molecule has 0 aromatic heterocycles. The summed E-state index contributed by atoms with van der Waals surface area (Å²) in [5, 5.41) is 11.0. The van der Waals surface area contributed by atoms with Crippen LogP contribution in [0.15, 0.2) is 18.2 Å². The maximum Gasteiger partial charge on any atom is 0.0819 e. The van der Waals surface area contributed by atoms with E-state index in [0.29, 0.717) is 16.0 Å². The van der Waals surface area contributed by atoms with Crippen LogP contribution in [0.3, 0.4) is 0 Å². The van der Waals surface area contributed by atoms with Gasteiger partial charge in [0.1, 0.15) is 0 Å². The van der Waals surface area contributed by atoms with Gasteiger partial charge in [-0.15, -0.1) is 0 Å². The van der Waals surface area contributed by atoms with E-state index in [0.717, 1.165) is 18.4 Å². The summed E-state index contributed by atoms with van der Waals surface area (Å²) in [6, 6.07) is 5.22. The Balaban J connectivity index is 2.27. The summed E-state index contributed by atoms with van der Waals surface area (Å²) in [5.41, 5.74) is 0.833. The first-order valence-corrected chi connectivity index (χ1v) is 5.06. The third-order valence-electron chi connectivity index (χ3n) is 2.29. The third-order valence-corrected chi connectivity index (χ3v) is 2.73. The molecule has 1 aliphatic carbocycles. The molecule has 0 aliphatic heterocycles. The van der Waals surface area contributed by atoms with E-state index in [4.69, 9.17) is 23.2 Å². The number of aliphatic hydroxyl groups is 1. The molecule has 1 aliphatic rings. The number of benzene rings is 1. The van der Waals surface area contributed by atoms with Crippen LogP contribution in [0.2, 0.25) is 10.0 Å². The van der Waals surface area contributed by atoms with Gasteiger partial charge in [0, 0.05) is 10.0 Å². The van der Waals surface area contributed by atoms with Gasteiger partial charge < -0.3 is 5.11 Å². The predicted octanol–water partition coefficient (Wildman–Crippen LogP) is 3.44. The second kappa shape index (κ2) is 3.49. The first kappa shape index (κ1) is 9.32. The Hall–Kier alpha value is -0.240. The van der Waals surface area contributed by atoms with E-state index in [1.54, 1.807) is 18.2 Å². The molecule has 0 radical (unpaired) electrons. The lowest BCUT2D eigenvalue weighted by atomic mass is 10.1. The first-order chi connectivity index (χ1) is 6.16. The molecule has 1 fully saturated rings. The molecule has 1 aromatic rings. The van der Waals surface area contributed by atoms with Gasteiger partial charge in [-0.3, -0.25) is 0 Å². The van der Waals surface area contributed by atoms with E-state index in [-0.39, 0.29) is 0 Å². The fourth-order valence-corrected chi connectivity index (χ4v) is 1.97. The van der Waals surface area contributed by atoms with Gasteiger partial charge in [0.05, 0.1) is 6.10 Å². The number of hydrogen-bond acceptors (Lipinski definition) is 1. The zero-order valence-electron chi connectivity index (χ0n) is 7.00. The van der Waals surface area contributed by atoms with Crippen molar-refractivity contribution in [2.45, 2.75) is 18.9 Å². The second-order valence-electron chi connectivity index (χ2n) is 3.49. The summed E-state index contributed by atoms with van der Waals surface area (Å²) in [6.07, 6.45) is 1.81. The minimum Gasteiger partial charge on any atom is -0.388 e. The van der Waals surface area contributed by atoms with Crippen molar-refractivity contribution >= 4 is 23.2 Å². The van der Waals surface area contributed by atoms with Crippen LogP contribution in [0.4, 0.5) is 0 Å². The van der Waals surface area contributed by atoms with Gasteiger partial charge in [-0.1, -0.05) is 23.2 Å². The molecular formula is C10H10Cl2O. The van der Waals surface area contributed by atoms with Crippen LogP contribution in [-0.4, -0.2) is 5.11 Å². The molecule has 1 saturated carbocycles. The molecule has 1 nitrogen and oxygen atoms in total. The summed E-state index contributed by atoms with van der Waals surface area (Å²) < 4.78 is 0. The SMILES string of the molecule is OC(c1cc(Cl)cc(Cl)c1)C1CC1. The highest BCUT2D eigenvalue weighted by atomic mass is 35.5. The van der Waals surface area contributed by atoms with Gasteiger partial charge >= 0.3 is 0 Å². The quantitative estimate of drug-likeness (QED) is 0.804. The van der Waals surface area contributed by atoms with Gasteiger partial charge in [-0.2, -0.15) is 0 Å². The van der Waals surface area contributed by atoms with Crippen LogP contribution in [0.25, 0.3) is 0 Å². The first-order valence-electron chi connectivity index (χ1n) is 4.31. The normalized spacial score (nSPS) is 18.7. The average molecular weight is 217 g/mol. The Morgan fingerprint density at radius 1 is 1.15 bits per heavy atom. The van der Waals surface area contributed by atoms with Gasteiger partial charge in [-0.05, 0) is 42.5 Å². The molecule has 0 heterocycles. The zero-order valence-corrected chi connectivity index (χ0v) is 8.52. The number of aliphatic hydroxyl groups excluding tert-OH is 1. The van der Waals surface area contributed by atoms with Crippen molar-refractivity contribution in [2.24, 2.45) is 5.92 Å². The Morgan fingerprint density at radius 2 is 1.69 bits per heavy atom. The standard InChI is InChI=1S/C10H10Cl2O/c11-8-3-7(4-9(12)5-8)10(13)6-1-2-6/h3-6,10,13H,1-2H2. The molecule has 70 valence electrons. The fraction of sp³-hybridized carbons (Fsp3) is 0.400. The minimum atomic E-state index is -0.392. The largest absolute Gasteiger partial charge is 0.388 e. The third kappa shape index (κ3) is 2.16. The molecule has 13 heavy (non-hydrogen) atoms. The Kier molecular flexibility index (Phi) is 2.50. The molecule has 0 bridgehead atoms. The molecule has 0 spiro atoms. The Bertz CT molecular complexity index is 300. The van der Waals surface area contributed by atoms with E-state index < -0.39 is 6.10 Å². The Labute approximate surface area is 87.3 Å². The summed E-state index contributed by atoms with van der Waals surface area (Å²) in [5.74, 6) is 0.412. The number of halogens is 2. The van der Waals surface area contributed by atoms with Crippen molar-refractivity contribution in [2.75, 3.05) is 0 Å². The summed E-state index contributed by atoms with van der Waals surface area (Å²) in [4.78, 5) is 0. The topological polar surface area (TPSA) is 20.2 Å². The monoisotopic (exact) mass is 216 g/mol. The van der Waals surface area contributed by atoms with Crippen LogP contribution in [0.1, 0.15) is 24.5 Å². The van der Waals surface area contributed by atoms with E-state index in [2.05, 4.69) is 0 Å². The maximum atomic E-state index is 9.79. The maximum absolute atomic E-state index is 9.79. The van der Waals surface area contributed by atoms with E-state index in [1.807, 2.05) is 0 Å². The highest BCUT2D eigenvalue weighted by molar-refractivity contribution is 6.34. The van der Waals surface area contributed by atoms with Crippen LogP contribution in [-0.2, 0) is 0 Å². The van der Waals surface area contributed by atoms with Gasteiger partial charge in [-0.25, -0.2) is 0 Å².